The van der Waals surface area contributed by atoms with Crippen LogP contribution in [0.25, 0.3) is 0 Å². The molecule has 0 spiro atoms. The highest BCUT2D eigenvalue weighted by atomic mass is 16.3. The normalized spacial score (nSPS) is 19.4. The molecule has 1 aromatic heterocycles. The van der Waals surface area contributed by atoms with E-state index in [1.807, 2.05) is 29.8 Å². The van der Waals surface area contributed by atoms with Crippen LogP contribution in [0.4, 0.5) is 5.95 Å². The Kier molecular flexibility index (Phi) is 2.69. The lowest BCUT2D eigenvalue weighted by atomic mass is 10.0. The Morgan fingerprint density at radius 1 is 1.53 bits per heavy atom. The van der Waals surface area contributed by atoms with E-state index in [1.54, 1.807) is 6.20 Å². The quantitative estimate of drug-likeness (QED) is 0.812. The van der Waals surface area contributed by atoms with Crippen molar-refractivity contribution in [1.29, 1.82) is 0 Å². The number of aryl methyl sites for hydroxylation is 1. The maximum atomic E-state index is 10.3. The zero-order valence-corrected chi connectivity index (χ0v) is 9.48. The SMILES string of the molecule is CN(CC1(O)CCCC1)c1nccn1C. The van der Waals surface area contributed by atoms with E-state index in [2.05, 4.69) is 4.98 Å². The number of aromatic nitrogens is 2. The molecule has 0 bridgehead atoms. The molecule has 1 aromatic rings. The van der Waals surface area contributed by atoms with Gasteiger partial charge in [0.25, 0.3) is 0 Å². The highest BCUT2D eigenvalue weighted by Gasteiger charge is 2.32. The predicted octanol–water partition coefficient (Wildman–Crippen LogP) is 1.16. The molecule has 0 saturated heterocycles. The number of nitrogens with zero attached hydrogens (tertiary/aromatic N) is 3. The van der Waals surface area contributed by atoms with Crippen molar-refractivity contribution in [2.75, 3.05) is 18.5 Å². The fourth-order valence-corrected chi connectivity index (χ4v) is 2.43. The number of anilines is 1. The molecule has 1 N–H and O–H groups in total. The Hall–Kier alpha value is -1.03. The minimum absolute atomic E-state index is 0.499. The lowest BCUT2D eigenvalue weighted by Crippen LogP contribution is -2.40. The number of hydrogen-bond donors (Lipinski definition) is 1. The summed E-state index contributed by atoms with van der Waals surface area (Å²) in [6, 6.07) is 0. The standard InChI is InChI=1S/C11H19N3O/c1-13-8-7-12-10(13)14(2)9-11(15)5-3-4-6-11/h7-8,15H,3-6,9H2,1-2H3. The molecule has 15 heavy (non-hydrogen) atoms. The van der Waals surface area contributed by atoms with Gasteiger partial charge in [-0.1, -0.05) is 12.8 Å². The highest BCUT2D eigenvalue weighted by Crippen LogP contribution is 2.30. The summed E-state index contributed by atoms with van der Waals surface area (Å²) in [6.45, 7) is 0.678. The molecule has 4 heteroatoms. The van der Waals surface area contributed by atoms with Crippen molar-refractivity contribution in [1.82, 2.24) is 9.55 Å². The second-order valence-corrected chi connectivity index (χ2v) is 4.63. The van der Waals surface area contributed by atoms with E-state index in [4.69, 9.17) is 0 Å². The van der Waals surface area contributed by atoms with Gasteiger partial charge in [-0.2, -0.15) is 0 Å². The first kappa shape index (κ1) is 10.5. The maximum Gasteiger partial charge on any atom is 0.205 e. The molecule has 1 aliphatic carbocycles. The van der Waals surface area contributed by atoms with Crippen LogP contribution in [0.15, 0.2) is 12.4 Å². The summed E-state index contributed by atoms with van der Waals surface area (Å²) in [5, 5.41) is 10.3. The van der Waals surface area contributed by atoms with Crippen molar-refractivity contribution in [2.24, 2.45) is 7.05 Å². The third-order valence-corrected chi connectivity index (χ3v) is 3.20. The first-order chi connectivity index (χ1) is 7.11. The topological polar surface area (TPSA) is 41.3 Å². The van der Waals surface area contributed by atoms with Crippen LogP contribution < -0.4 is 4.90 Å². The summed E-state index contributed by atoms with van der Waals surface area (Å²) in [6.07, 6.45) is 7.83. The van der Waals surface area contributed by atoms with Crippen molar-refractivity contribution >= 4 is 5.95 Å². The summed E-state index contributed by atoms with van der Waals surface area (Å²) >= 11 is 0. The van der Waals surface area contributed by atoms with Crippen LogP contribution >= 0.6 is 0 Å². The number of rotatable bonds is 3. The summed E-state index contributed by atoms with van der Waals surface area (Å²) in [5.74, 6) is 0.912. The van der Waals surface area contributed by atoms with E-state index in [0.29, 0.717) is 6.54 Å². The molecule has 0 aromatic carbocycles. The smallest absolute Gasteiger partial charge is 0.205 e. The van der Waals surface area contributed by atoms with Crippen LogP contribution in [-0.4, -0.2) is 33.9 Å². The minimum Gasteiger partial charge on any atom is -0.388 e. The molecular formula is C11H19N3O. The van der Waals surface area contributed by atoms with Gasteiger partial charge in [-0.3, -0.25) is 0 Å². The van der Waals surface area contributed by atoms with Gasteiger partial charge in [0.1, 0.15) is 0 Å². The molecule has 1 fully saturated rings. The number of likely N-dealkylation sites (N-methyl/N-ethyl adjacent to an activating group) is 1. The molecule has 0 unspecified atom stereocenters. The van der Waals surface area contributed by atoms with Gasteiger partial charge in [0.05, 0.1) is 5.60 Å². The maximum absolute atomic E-state index is 10.3. The molecule has 1 saturated carbocycles. The Morgan fingerprint density at radius 3 is 2.73 bits per heavy atom. The molecule has 0 amide bonds. The number of hydrogen-bond acceptors (Lipinski definition) is 3. The van der Waals surface area contributed by atoms with Crippen molar-refractivity contribution in [3.05, 3.63) is 12.4 Å². The summed E-state index contributed by atoms with van der Waals surface area (Å²) in [5.41, 5.74) is -0.499. The van der Waals surface area contributed by atoms with Gasteiger partial charge in [-0.05, 0) is 12.8 Å². The number of aliphatic hydroxyl groups is 1. The zero-order chi connectivity index (χ0) is 10.9. The summed E-state index contributed by atoms with van der Waals surface area (Å²) in [7, 11) is 3.95. The lowest BCUT2D eigenvalue weighted by molar-refractivity contribution is 0.0555. The fraction of sp³-hybridized carbons (Fsp3) is 0.727. The largest absolute Gasteiger partial charge is 0.388 e. The highest BCUT2D eigenvalue weighted by molar-refractivity contribution is 5.30. The first-order valence-corrected chi connectivity index (χ1v) is 5.52. The van der Waals surface area contributed by atoms with Gasteiger partial charge in [-0.25, -0.2) is 4.98 Å². The van der Waals surface area contributed by atoms with Gasteiger partial charge in [-0.15, -0.1) is 0 Å². The average molecular weight is 209 g/mol. The first-order valence-electron chi connectivity index (χ1n) is 5.52. The molecule has 84 valence electrons. The van der Waals surface area contributed by atoms with Crippen molar-refractivity contribution in [3.63, 3.8) is 0 Å². The van der Waals surface area contributed by atoms with E-state index in [0.717, 1.165) is 31.6 Å². The van der Waals surface area contributed by atoms with Crippen LogP contribution in [0.3, 0.4) is 0 Å². The van der Waals surface area contributed by atoms with Gasteiger partial charge < -0.3 is 14.6 Å². The second kappa shape index (κ2) is 3.85. The average Bonchev–Trinajstić information content (AvgIpc) is 2.74. The Balaban J connectivity index is 2.03. The minimum atomic E-state index is -0.499. The van der Waals surface area contributed by atoms with Crippen LogP contribution in [0.1, 0.15) is 25.7 Å². The molecule has 4 nitrogen and oxygen atoms in total. The van der Waals surface area contributed by atoms with E-state index >= 15 is 0 Å². The van der Waals surface area contributed by atoms with Gasteiger partial charge in [0.2, 0.25) is 5.95 Å². The molecular weight excluding hydrogens is 190 g/mol. The van der Waals surface area contributed by atoms with Crippen LogP contribution in [0.5, 0.6) is 0 Å². The number of imidazole rings is 1. The Morgan fingerprint density at radius 2 is 2.20 bits per heavy atom. The van der Waals surface area contributed by atoms with Gasteiger partial charge in [0, 0.05) is 33.0 Å². The van der Waals surface area contributed by atoms with Crippen LogP contribution in [0, 0.1) is 0 Å². The third-order valence-electron chi connectivity index (χ3n) is 3.20. The predicted molar refractivity (Wildman–Crippen MR) is 59.9 cm³/mol. The second-order valence-electron chi connectivity index (χ2n) is 4.63. The zero-order valence-electron chi connectivity index (χ0n) is 9.48. The van der Waals surface area contributed by atoms with Crippen molar-refractivity contribution in [2.45, 2.75) is 31.3 Å². The van der Waals surface area contributed by atoms with Crippen LogP contribution in [0.2, 0.25) is 0 Å². The molecule has 1 heterocycles. The third kappa shape index (κ3) is 2.15. The summed E-state index contributed by atoms with van der Waals surface area (Å²) < 4.78 is 1.97. The molecule has 1 aliphatic rings. The van der Waals surface area contributed by atoms with E-state index < -0.39 is 5.60 Å². The van der Waals surface area contributed by atoms with E-state index in [1.165, 1.54) is 0 Å². The van der Waals surface area contributed by atoms with Crippen molar-refractivity contribution in [3.8, 4) is 0 Å². The fourth-order valence-electron chi connectivity index (χ4n) is 2.43. The van der Waals surface area contributed by atoms with E-state index in [9.17, 15) is 5.11 Å². The monoisotopic (exact) mass is 209 g/mol. The lowest BCUT2D eigenvalue weighted by Gasteiger charge is -2.29. The molecule has 2 rings (SSSR count). The van der Waals surface area contributed by atoms with Crippen LogP contribution in [-0.2, 0) is 7.05 Å². The molecule has 0 aliphatic heterocycles. The summed E-state index contributed by atoms with van der Waals surface area (Å²) in [4.78, 5) is 6.30. The van der Waals surface area contributed by atoms with Gasteiger partial charge in [0.15, 0.2) is 0 Å². The molecule has 0 atom stereocenters. The molecule has 0 radical (unpaired) electrons. The van der Waals surface area contributed by atoms with Gasteiger partial charge >= 0.3 is 0 Å². The van der Waals surface area contributed by atoms with E-state index in [-0.39, 0.29) is 0 Å². The Bertz CT molecular complexity index is 328. The van der Waals surface area contributed by atoms with Crippen molar-refractivity contribution < 1.29 is 5.11 Å². The Labute approximate surface area is 90.5 Å².